The fraction of sp³-hybridized carbons (Fsp3) is 0.933. The van der Waals surface area contributed by atoms with Crippen LogP contribution in [0, 0.1) is 17.8 Å². The van der Waals surface area contributed by atoms with E-state index in [1.54, 1.807) is 0 Å². The number of hydrogen-bond acceptors (Lipinski definition) is 2. The summed E-state index contributed by atoms with van der Waals surface area (Å²) in [5, 5.41) is 6.67. The molecule has 0 aromatic carbocycles. The molecule has 2 unspecified atom stereocenters. The highest BCUT2D eigenvalue weighted by atomic mass is 35.5. The zero-order chi connectivity index (χ0) is 13.0. The van der Waals surface area contributed by atoms with Crippen LogP contribution in [0.1, 0.15) is 52.4 Å². The summed E-state index contributed by atoms with van der Waals surface area (Å²) in [6.07, 6.45) is 7.09. The molecule has 1 saturated carbocycles. The first kappa shape index (κ1) is 16.8. The first-order chi connectivity index (χ1) is 8.68. The van der Waals surface area contributed by atoms with Gasteiger partial charge in [-0.25, -0.2) is 0 Å². The first-order valence-electron chi connectivity index (χ1n) is 7.69. The van der Waals surface area contributed by atoms with Crippen LogP contribution in [0.2, 0.25) is 0 Å². The molecule has 1 heterocycles. The zero-order valence-electron chi connectivity index (χ0n) is 12.3. The lowest BCUT2D eigenvalue weighted by Crippen LogP contribution is -2.47. The van der Waals surface area contributed by atoms with Gasteiger partial charge in [0.1, 0.15) is 0 Å². The van der Waals surface area contributed by atoms with E-state index in [2.05, 4.69) is 24.5 Å². The van der Waals surface area contributed by atoms with Crippen LogP contribution in [0.5, 0.6) is 0 Å². The van der Waals surface area contributed by atoms with E-state index in [-0.39, 0.29) is 18.3 Å². The van der Waals surface area contributed by atoms with Gasteiger partial charge in [-0.15, -0.1) is 12.4 Å². The third-order valence-electron chi connectivity index (χ3n) is 4.71. The zero-order valence-corrected chi connectivity index (χ0v) is 13.1. The lowest BCUT2D eigenvalue weighted by atomic mass is 9.77. The molecule has 2 fully saturated rings. The molecule has 1 amide bonds. The Balaban J connectivity index is 0.00000180. The standard InChI is InChI=1S/C15H28N2O.ClH/c1-11(2)13-5-3-4-6-14(13)17-15(18)12-7-9-16-10-8-12;/h11-14,16H,3-10H2,1-2H3,(H,17,18);1H. The fourth-order valence-electron chi connectivity index (χ4n) is 3.52. The summed E-state index contributed by atoms with van der Waals surface area (Å²) < 4.78 is 0. The predicted molar refractivity (Wildman–Crippen MR) is 81.6 cm³/mol. The van der Waals surface area contributed by atoms with E-state index >= 15 is 0 Å². The minimum Gasteiger partial charge on any atom is -0.353 e. The minimum absolute atomic E-state index is 0. The van der Waals surface area contributed by atoms with E-state index in [4.69, 9.17) is 0 Å². The Morgan fingerprint density at radius 3 is 2.37 bits per heavy atom. The lowest BCUT2D eigenvalue weighted by Gasteiger charge is -2.36. The van der Waals surface area contributed by atoms with Crippen LogP contribution in [0.25, 0.3) is 0 Å². The van der Waals surface area contributed by atoms with Gasteiger partial charge in [0.2, 0.25) is 5.91 Å². The Kier molecular flexibility index (Phi) is 7.16. The second-order valence-corrected chi connectivity index (χ2v) is 6.33. The summed E-state index contributed by atoms with van der Waals surface area (Å²) in [6, 6.07) is 0.432. The van der Waals surface area contributed by atoms with Gasteiger partial charge in [0.15, 0.2) is 0 Å². The molecule has 2 rings (SSSR count). The molecule has 2 N–H and O–H groups in total. The summed E-state index contributed by atoms with van der Waals surface area (Å²) in [5.41, 5.74) is 0. The van der Waals surface area contributed by atoms with E-state index < -0.39 is 0 Å². The number of rotatable bonds is 3. The number of piperidine rings is 1. The van der Waals surface area contributed by atoms with E-state index in [9.17, 15) is 4.79 Å². The Labute approximate surface area is 123 Å². The third kappa shape index (κ3) is 4.64. The van der Waals surface area contributed by atoms with Crippen LogP contribution in [0.15, 0.2) is 0 Å². The highest BCUT2D eigenvalue weighted by Gasteiger charge is 2.30. The number of halogens is 1. The molecule has 0 spiro atoms. The monoisotopic (exact) mass is 288 g/mol. The fourth-order valence-corrected chi connectivity index (χ4v) is 3.52. The number of carbonyl (C=O) groups is 1. The van der Waals surface area contributed by atoms with Crippen molar-refractivity contribution in [2.75, 3.05) is 13.1 Å². The minimum atomic E-state index is 0. The maximum absolute atomic E-state index is 12.3. The van der Waals surface area contributed by atoms with Crippen molar-refractivity contribution in [3.05, 3.63) is 0 Å². The summed E-state index contributed by atoms with van der Waals surface area (Å²) in [6.45, 7) is 6.58. The Morgan fingerprint density at radius 2 is 1.74 bits per heavy atom. The van der Waals surface area contributed by atoms with Gasteiger partial charge in [-0.05, 0) is 50.6 Å². The smallest absolute Gasteiger partial charge is 0.223 e. The normalized spacial score (nSPS) is 28.8. The van der Waals surface area contributed by atoms with Gasteiger partial charge in [0.25, 0.3) is 0 Å². The highest BCUT2D eigenvalue weighted by Crippen LogP contribution is 2.30. The van der Waals surface area contributed by atoms with Crippen LogP contribution in [0.4, 0.5) is 0 Å². The quantitative estimate of drug-likeness (QED) is 0.838. The van der Waals surface area contributed by atoms with Crippen molar-refractivity contribution < 1.29 is 4.79 Å². The van der Waals surface area contributed by atoms with Crippen molar-refractivity contribution >= 4 is 18.3 Å². The van der Waals surface area contributed by atoms with Gasteiger partial charge >= 0.3 is 0 Å². The largest absolute Gasteiger partial charge is 0.353 e. The van der Waals surface area contributed by atoms with Crippen LogP contribution in [0.3, 0.4) is 0 Å². The van der Waals surface area contributed by atoms with Gasteiger partial charge in [0, 0.05) is 12.0 Å². The molecular weight excluding hydrogens is 260 g/mol. The molecule has 1 aliphatic heterocycles. The van der Waals surface area contributed by atoms with E-state index in [1.165, 1.54) is 25.7 Å². The Bertz CT molecular complexity index is 277. The summed E-state index contributed by atoms with van der Waals surface area (Å²) >= 11 is 0. The topological polar surface area (TPSA) is 41.1 Å². The number of nitrogens with one attached hydrogen (secondary N) is 2. The van der Waals surface area contributed by atoms with E-state index in [1.807, 2.05) is 0 Å². The molecule has 1 aliphatic carbocycles. The molecule has 1 saturated heterocycles. The van der Waals surface area contributed by atoms with Crippen molar-refractivity contribution in [3.63, 3.8) is 0 Å². The average Bonchev–Trinajstić information content (AvgIpc) is 2.40. The van der Waals surface area contributed by atoms with Crippen LogP contribution >= 0.6 is 12.4 Å². The van der Waals surface area contributed by atoms with Crippen molar-refractivity contribution in [2.45, 2.75) is 58.4 Å². The first-order valence-corrected chi connectivity index (χ1v) is 7.69. The second kappa shape index (κ2) is 8.11. The van der Waals surface area contributed by atoms with Gasteiger partial charge in [0.05, 0.1) is 0 Å². The molecule has 0 aromatic rings. The van der Waals surface area contributed by atoms with E-state index in [0.29, 0.717) is 23.8 Å². The van der Waals surface area contributed by atoms with Gasteiger partial charge < -0.3 is 10.6 Å². The average molecular weight is 289 g/mol. The number of hydrogen-bond donors (Lipinski definition) is 2. The Hall–Kier alpha value is -0.280. The molecule has 2 atom stereocenters. The number of carbonyl (C=O) groups excluding carboxylic acids is 1. The van der Waals surface area contributed by atoms with Gasteiger partial charge in [-0.3, -0.25) is 4.79 Å². The van der Waals surface area contributed by atoms with Gasteiger partial charge in [-0.2, -0.15) is 0 Å². The number of amides is 1. The maximum Gasteiger partial charge on any atom is 0.223 e. The van der Waals surface area contributed by atoms with Crippen LogP contribution in [-0.2, 0) is 4.79 Å². The summed E-state index contributed by atoms with van der Waals surface area (Å²) in [5.74, 6) is 1.93. The highest BCUT2D eigenvalue weighted by molar-refractivity contribution is 5.85. The van der Waals surface area contributed by atoms with Crippen molar-refractivity contribution in [2.24, 2.45) is 17.8 Å². The SMILES string of the molecule is CC(C)C1CCCCC1NC(=O)C1CCNCC1.Cl. The van der Waals surface area contributed by atoms with Crippen molar-refractivity contribution in [1.82, 2.24) is 10.6 Å². The lowest BCUT2D eigenvalue weighted by molar-refractivity contribution is -0.127. The molecule has 2 aliphatic rings. The van der Waals surface area contributed by atoms with Crippen LogP contribution < -0.4 is 10.6 Å². The molecule has 4 heteroatoms. The predicted octanol–water partition coefficient (Wildman–Crippen LogP) is 2.74. The summed E-state index contributed by atoms with van der Waals surface area (Å²) in [7, 11) is 0. The van der Waals surface area contributed by atoms with Crippen molar-refractivity contribution in [3.8, 4) is 0 Å². The van der Waals surface area contributed by atoms with Crippen molar-refractivity contribution in [1.29, 1.82) is 0 Å². The molecule has 19 heavy (non-hydrogen) atoms. The van der Waals surface area contributed by atoms with Crippen LogP contribution in [-0.4, -0.2) is 25.0 Å². The Morgan fingerprint density at radius 1 is 1.11 bits per heavy atom. The molecule has 0 radical (unpaired) electrons. The molecular formula is C15H29ClN2O. The maximum atomic E-state index is 12.3. The molecule has 3 nitrogen and oxygen atoms in total. The second-order valence-electron chi connectivity index (χ2n) is 6.33. The summed E-state index contributed by atoms with van der Waals surface area (Å²) in [4.78, 5) is 12.3. The van der Waals surface area contributed by atoms with E-state index in [0.717, 1.165) is 25.9 Å². The third-order valence-corrected chi connectivity index (χ3v) is 4.71. The molecule has 0 bridgehead atoms. The molecule has 112 valence electrons. The molecule has 0 aromatic heterocycles. The van der Waals surface area contributed by atoms with Gasteiger partial charge in [-0.1, -0.05) is 26.7 Å².